The van der Waals surface area contributed by atoms with Gasteiger partial charge in [0.2, 0.25) is 0 Å². The Morgan fingerprint density at radius 1 is 1.44 bits per heavy atom. The molecule has 1 aromatic rings. The van der Waals surface area contributed by atoms with E-state index >= 15 is 0 Å². The van der Waals surface area contributed by atoms with Gasteiger partial charge in [-0.2, -0.15) is 0 Å². The number of thiophene rings is 1. The summed E-state index contributed by atoms with van der Waals surface area (Å²) in [7, 11) is 0. The highest BCUT2D eigenvalue weighted by Gasteiger charge is 2.26. The van der Waals surface area contributed by atoms with Crippen LogP contribution in [0.5, 0.6) is 0 Å². The van der Waals surface area contributed by atoms with E-state index in [4.69, 9.17) is 0 Å². The smallest absolute Gasteiger partial charge is 0.101 e. The molecule has 1 saturated carbocycles. The standard InChI is InChI=1S/C13H21NOS/c1-13(7-3-2-4-8-13)14-10-11(15)12-6-5-9-16-12/h5-6,9,11,14-15H,2-4,7-8,10H2,1H3. The lowest BCUT2D eigenvalue weighted by atomic mass is 9.83. The zero-order chi connectivity index (χ0) is 11.4. The van der Waals surface area contributed by atoms with Crippen molar-refractivity contribution in [3.63, 3.8) is 0 Å². The first-order valence-electron chi connectivity index (χ1n) is 6.16. The maximum Gasteiger partial charge on any atom is 0.101 e. The maximum absolute atomic E-state index is 10.0. The van der Waals surface area contributed by atoms with Crippen LogP contribution in [0.2, 0.25) is 0 Å². The van der Waals surface area contributed by atoms with E-state index in [-0.39, 0.29) is 11.6 Å². The van der Waals surface area contributed by atoms with Crippen molar-refractivity contribution in [2.45, 2.75) is 50.7 Å². The van der Waals surface area contributed by atoms with E-state index in [9.17, 15) is 5.11 Å². The highest BCUT2D eigenvalue weighted by molar-refractivity contribution is 7.10. The molecule has 0 saturated heterocycles. The minimum absolute atomic E-state index is 0.247. The number of aliphatic hydroxyl groups is 1. The molecule has 1 fully saturated rings. The van der Waals surface area contributed by atoms with E-state index in [1.54, 1.807) is 11.3 Å². The van der Waals surface area contributed by atoms with Gasteiger partial charge in [0, 0.05) is 17.0 Å². The van der Waals surface area contributed by atoms with Gasteiger partial charge < -0.3 is 10.4 Å². The van der Waals surface area contributed by atoms with Crippen LogP contribution in [0.4, 0.5) is 0 Å². The summed E-state index contributed by atoms with van der Waals surface area (Å²) in [6, 6.07) is 3.99. The summed E-state index contributed by atoms with van der Waals surface area (Å²) in [6.07, 6.45) is 6.13. The third-order valence-corrected chi connectivity index (χ3v) is 4.52. The van der Waals surface area contributed by atoms with E-state index in [0.29, 0.717) is 6.54 Å². The molecule has 1 aromatic heterocycles. The van der Waals surface area contributed by atoms with E-state index in [1.165, 1.54) is 32.1 Å². The van der Waals surface area contributed by atoms with Crippen molar-refractivity contribution in [2.75, 3.05) is 6.54 Å². The van der Waals surface area contributed by atoms with Crippen molar-refractivity contribution in [3.8, 4) is 0 Å². The topological polar surface area (TPSA) is 32.3 Å². The van der Waals surface area contributed by atoms with Crippen molar-refractivity contribution >= 4 is 11.3 Å². The second kappa shape index (κ2) is 5.30. The fourth-order valence-electron chi connectivity index (χ4n) is 2.43. The predicted molar refractivity (Wildman–Crippen MR) is 68.8 cm³/mol. The minimum atomic E-state index is -0.348. The van der Waals surface area contributed by atoms with Gasteiger partial charge in [0.15, 0.2) is 0 Å². The van der Waals surface area contributed by atoms with Crippen LogP contribution >= 0.6 is 11.3 Å². The summed E-state index contributed by atoms with van der Waals surface area (Å²) < 4.78 is 0. The second-order valence-electron chi connectivity index (χ2n) is 5.03. The zero-order valence-electron chi connectivity index (χ0n) is 9.91. The van der Waals surface area contributed by atoms with Crippen LogP contribution in [0.3, 0.4) is 0 Å². The summed E-state index contributed by atoms with van der Waals surface area (Å²) >= 11 is 1.63. The molecular formula is C13H21NOS. The average molecular weight is 239 g/mol. The summed E-state index contributed by atoms with van der Waals surface area (Å²) in [5.74, 6) is 0. The van der Waals surface area contributed by atoms with Gasteiger partial charge in [-0.3, -0.25) is 0 Å². The van der Waals surface area contributed by atoms with Crippen LogP contribution in [-0.2, 0) is 0 Å². The summed E-state index contributed by atoms with van der Waals surface area (Å²) in [6.45, 7) is 2.96. The first kappa shape index (κ1) is 12.1. The third-order valence-electron chi connectivity index (χ3n) is 3.55. The molecule has 3 heteroatoms. The zero-order valence-corrected chi connectivity index (χ0v) is 10.7. The first-order valence-corrected chi connectivity index (χ1v) is 7.04. The Hall–Kier alpha value is -0.380. The summed E-state index contributed by atoms with van der Waals surface area (Å²) in [5, 5.41) is 15.6. The summed E-state index contributed by atoms with van der Waals surface area (Å²) in [5.41, 5.74) is 0.247. The molecule has 0 aromatic carbocycles. The Kier molecular flexibility index (Phi) is 4.00. The molecule has 0 spiro atoms. The van der Waals surface area contributed by atoms with Gasteiger partial charge in [-0.25, -0.2) is 0 Å². The molecule has 2 rings (SSSR count). The van der Waals surface area contributed by atoms with Crippen molar-refractivity contribution < 1.29 is 5.11 Å². The van der Waals surface area contributed by atoms with Gasteiger partial charge in [0.25, 0.3) is 0 Å². The second-order valence-corrected chi connectivity index (χ2v) is 6.01. The van der Waals surface area contributed by atoms with Crippen LogP contribution in [-0.4, -0.2) is 17.2 Å². The van der Waals surface area contributed by atoms with Gasteiger partial charge in [0.05, 0.1) is 0 Å². The molecule has 0 bridgehead atoms. The summed E-state index contributed by atoms with van der Waals surface area (Å²) in [4.78, 5) is 1.06. The monoisotopic (exact) mass is 239 g/mol. The minimum Gasteiger partial charge on any atom is -0.386 e. The normalized spacial score (nSPS) is 21.9. The van der Waals surface area contributed by atoms with Crippen LogP contribution in [0.1, 0.15) is 50.0 Å². The molecule has 2 nitrogen and oxygen atoms in total. The number of hydrogen-bond acceptors (Lipinski definition) is 3. The SMILES string of the molecule is CC1(NCC(O)c2cccs2)CCCCC1. The first-order chi connectivity index (χ1) is 7.70. The lowest BCUT2D eigenvalue weighted by Crippen LogP contribution is -2.45. The van der Waals surface area contributed by atoms with Gasteiger partial charge in [-0.05, 0) is 31.2 Å². The number of β-amino-alcohol motifs (C(OH)–C–C–N with tert-alkyl or cyclic N) is 1. The van der Waals surface area contributed by atoms with Crippen LogP contribution in [0.15, 0.2) is 17.5 Å². The van der Waals surface area contributed by atoms with E-state index in [0.717, 1.165) is 4.88 Å². The van der Waals surface area contributed by atoms with Gasteiger partial charge >= 0.3 is 0 Å². The average Bonchev–Trinajstić information content (AvgIpc) is 2.80. The van der Waals surface area contributed by atoms with E-state index < -0.39 is 0 Å². The number of rotatable bonds is 4. The van der Waals surface area contributed by atoms with Crippen molar-refractivity contribution in [1.29, 1.82) is 0 Å². The largest absolute Gasteiger partial charge is 0.386 e. The number of aliphatic hydroxyl groups excluding tert-OH is 1. The molecule has 1 unspecified atom stereocenters. The lowest BCUT2D eigenvalue weighted by molar-refractivity contribution is 0.149. The molecule has 0 amide bonds. The fraction of sp³-hybridized carbons (Fsp3) is 0.692. The highest BCUT2D eigenvalue weighted by atomic mass is 32.1. The molecule has 1 atom stereocenters. The van der Waals surface area contributed by atoms with Gasteiger partial charge in [-0.15, -0.1) is 11.3 Å². The van der Waals surface area contributed by atoms with Crippen LogP contribution in [0.25, 0.3) is 0 Å². The molecule has 0 aliphatic heterocycles. The van der Waals surface area contributed by atoms with Gasteiger partial charge in [0.1, 0.15) is 6.10 Å². The quantitative estimate of drug-likeness (QED) is 0.846. The lowest BCUT2D eigenvalue weighted by Gasteiger charge is -2.35. The molecule has 1 heterocycles. The number of hydrogen-bond donors (Lipinski definition) is 2. The van der Waals surface area contributed by atoms with E-state index in [2.05, 4.69) is 12.2 Å². The Balaban J connectivity index is 1.82. The Morgan fingerprint density at radius 3 is 2.81 bits per heavy atom. The van der Waals surface area contributed by atoms with Crippen molar-refractivity contribution in [1.82, 2.24) is 5.32 Å². The molecule has 16 heavy (non-hydrogen) atoms. The molecule has 1 aliphatic carbocycles. The molecule has 0 radical (unpaired) electrons. The van der Waals surface area contributed by atoms with Crippen molar-refractivity contribution in [3.05, 3.63) is 22.4 Å². The molecular weight excluding hydrogens is 218 g/mol. The Bertz CT molecular complexity index is 304. The molecule has 2 N–H and O–H groups in total. The molecule has 1 aliphatic rings. The highest BCUT2D eigenvalue weighted by Crippen LogP contribution is 2.28. The Labute approximate surface area is 102 Å². The van der Waals surface area contributed by atoms with E-state index in [1.807, 2.05) is 17.5 Å². The van der Waals surface area contributed by atoms with Crippen LogP contribution in [0, 0.1) is 0 Å². The van der Waals surface area contributed by atoms with Crippen molar-refractivity contribution in [2.24, 2.45) is 0 Å². The maximum atomic E-state index is 10.0. The van der Waals surface area contributed by atoms with Gasteiger partial charge in [-0.1, -0.05) is 25.3 Å². The molecule has 90 valence electrons. The van der Waals surface area contributed by atoms with Crippen LogP contribution < -0.4 is 5.32 Å². The predicted octanol–water partition coefficient (Wildman–Crippen LogP) is 3.09. The Morgan fingerprint density at radius 2 is 2.19 bits per heavy atom. The fourth-order valence-corrected chi connectivity index (χ4v) is 3.15. The number of nitrogens with one attached hydrogen (secondary N) is 1. The third kappa shape index (κ3) is 3.06.